The Kier molecular flexibility index (Phi) is 3.69. The Balaban J connectivity index is 1.80. The molecule has 20 heavy (non-hydrogen) atoms. The fourth-order valence-corrected chi connectivity index (χ4v) is 3.07. The summed E-state index contributed by atoms with van der Waals surface area (Å²) in [6.07, 6.45) is 0. The second-order valence-electron chi connectivity index (χ2n) is 5.58. The van der Waals surface area contributed by atoms with E-state index in [1.54, 1.807) is 0 Å². The third-order valence-electron chi connectivity index (χ3n) is 3.84. The molecule has 2 aromatic rings. The summed E-state index contributed by atoms with van der Waals surface area (Å²) < 4.78 is 8.65. The van der Waals surface area contributed by atoms with Crippen molar-refractivity contribution in [2.75, 3.05) is 6.54 Å². The van der Waals surface area contributed by atoms with E-state index in [1.807, 2.05) is 12.1 Å². The van der Waals surface area contributed by atoms with Gasteiger partial charge in [-0.25, -0.2) is 0 Å². The summed E-state index contributed by atoms with van der Waals surface area (Å²) in [5.74, 6) is 3.54. The Morgan fingerprint density at radius 1 is 1.35 bits per heavy atom. The molecule has 0 aromatic carbocycles. The molecule has 0 bridgehead atoms. The average molecular weight is 339 g/mol. The van der Waals surface area contributed by atoms with Gasteiger partial charge in [0.1, 0.15) is 17.4 Å². The zero-order valence-corrected chi connectivity index (χ0v) is 13.6. The van der Waals surface area contributed by atoms with Crippen LogP contribution in [-0.4, -0.2) is 26.2 Å². The van der Waals surface area contributed by atoms with Gasteiger partial charge in [-0.05, 0) is 35.0 Å². The summed E-state index contributed by atoms with van der Waals surface area (Å²) in [5, 5.41) is 8.74. The maximum Gasteiger partial charge on any atom is 0.169 e. The van der Waals surface area contributed by atoms with Crippen LogP contribution in [0.1, 0.15) is 50.1 Å². The third kappa shape index (κ3) is 2.42. The second kappa shape index (κ2) is 5.33. The Hall–Kier alpha value is -1.14. The van der Waals surface area contributed by atoms with Crippen LogP contribution in [0.4, 0.5) is 0 Å². The molecule has 0 saturated heterocycles. The standard InChI is InChI=1S/C14H19BrN4O/c1-9(2)13-16-17-14-10(3)18(6-7-19(13)14)8-11-4-5-12(15)20-11/h4-5,9-10H,6-8H2,1-3H3/t10-/m0/s1. The average Bonchev–Trinajstić information content (AvgIpc) is 2.99. The van der Waals surface area contributed by atoms with Crippen molar-refractivity contribution in [1.82, 2.24) is 19.7 Å². The molecule has 0 saturated carbocycles. The lowest BCUT2D eigenvalue weighted by Gasteiger charge is -2.33. The summed E-state index contributed by atoms with van der Waals surface area (Å²) in [5.41, 5.74) is 0. The highest BCUT2D eigenvalue weighted by atomic mass is 79.9. The minimum Gasteiger partial charge on any atom is -0.453 e. The number of halogens is 1. The molecular weight excluding hydrogens is 320 g/mol. The first-order valence-electron chi connectivity index (χ1n) is 6.97. The van der Waals surface area contributed by atoms with Crippen molar-refractivity contribution >= 4 is 15.9 Å². The van der Waals surface area contributed by atoms with Crippen LogP contribution in [0.15, 0.2) is 21.2 Å². The van der Waals surface area contributed by atoms with E-state index in [9.17, 15) is 0 Å². The monoisotopic (exact) mass is 338 g/mol. The van der Waals surface area contributed by atoms with Gasteiger partial charge in [0.05, 0.1) is 12.6 Å². The highest BCUT2D eigenvalue weighted by Crippen LogP contribution is 2.28. The maximum atomic E-state index is 5.60. The third-order valence-corrected chi connectivity index (χ3v) is 4.27. The maximum absolute atomic E-state index is 5.60. The first-order chi connectivity index (χ1) is 9.56. The van der Waals surface area contributed by atoms with Gasteiger partial charge in [0.15, 0.2) is 4.67 Å². The Morgan fingerprint density at radius 2 is 2.15 bits per heavy atom. The van der Waals surface area contributed by atoms with Crippen LogP contribution in [0.5, 0.6) is 0 Å². The molecule has 6 heteroatoms. The Labute approximate surface area is 127 Å². The van der Waals surface area contributed by atoms with Crippen LogP contribution >= 0.6 is 15.9 Å². The molecule has 1 aliphatic rings. The molecule has 0 spiro atoms. The lowest BCUT2D eigenvalue weighted by molar-refractivity contribution is 0.143. The van der Waals surface area contributed by atoms with Gasteiger partial charge in [-0.15, -0.1) is 10.2 Å². The molecule has 0 unspecified atom stereocenters. The summed E-state index contributed by atoms with van der Waals surface area (Å²) >= 11 is 3.35. The van der Waals surface area contributed by atoms with E-state index in [0.29, 0.717) is 5.92 Å². The molecule has 5 nitrogen and oxygen atoms in total. The molecule has 0 aliphatic carbocycles. The molecule has 0 N–H and O–H groups in total. The van der Waals surface area contributed by atoms with E-state index in [4.69, 9.17) is 4.42 Å². The lowest BCUT2D eigenvalue weighted by Crippen LogP contribution is -2.37. The van der Waals surface area contributed by atoms with Crippen LogP contribution in [0, 0.1) is 0 Å². The van der Waals surface area contributed by atoms with E-state index in [2.05, 4.69) is 56.4 Å². The Bertz CT molecular complexity index is 604. The molecule has 3 rings (SSSR count). The van der Waals surface area contributed by atoms with Crippen LogP contribution < -0.4 is 0 Å². The van der Waals surface area contributed by atoms with Crippen molar-refractivity contribution in [3.8, 4) is 0 Å². The number of hydrogen-bond donors (Lipinski definition) is 0. The molecule has 3 heterocycles. The zero-order chi connectivity index (χ0) is 14.3. The van der Waals surface area contributed by atoms with Gasteiger partial charge in [0.25, 0.3) is 0 Å². The lowest BCUT2D eigenvalue weighted by atomic mass is 10.1. The SMILES string of the molecule is CC(C)c1nnc2n1CCN(Cc1ccc(Br)o1)[C@H]2C. The fraction of sp³-hybridized carbons (Fsp3) is 0.571. The molecule has 0 radical (unpaired) electrons. The molecular formula is C14H19BrN4O. The van der Waals surface area contributed by atoms with Crippen molar-refractivity contribution in [2.24, 2.45) is 0 Å². The van der Waals surface area contributed by atoms with Crippen molar-refractivity contribution in [2.45, 2.75) is 45.8 Å². The molecule has 0 amide bonds. The number of hydrogen-bond acceptors (Lipinski definition) is 4. The number of nitrogens with zero attached hydrogens (tertiary/aromatic N) is 4. The molecule has 0 fully saturated rings. The number of furan rings is 1. The fourth-order valence-electron chi connectivity index (χ4n) is 2.73. The van der Waals surface area contributed by atoms with E-state index >= 15 is 0 Å². The van der Waals surface area contributed by atoms with Crippen LogP contribution in [0.2, 0.25) is 0 Å². The minimum absolute atomic E-state index is 0.257. The topological polar surface area (TPSA) is 47.1 Å². The van der Waals surface area contributed by atoms with Crippen molar-refractivity contribution < 1.29 is 4.42 Å². The first kappa shape index (κ1) is 13.8. The van der Waals surface area contributed by atoms with Crippen molar-refractivity contribution in [1.29, 1.82) is 0 Å². The van der Waals surface area contributed by atoms with Crippen LogP contribution in [0.3, 0.4) is 0 Å². The van der Waals surface area contributed by atoms with Gasteiger partial charge >= 0.3 is 0 Å². The molecule has 1 aliphatic heterocycles. The summed E-state index contributed by atoms with van der Waals surface area (Å²) in [7, 11) is 0. The minimum atomic E-state index is 0.257. The van der Waals surface area contributed by atoms with Gasteiger partial charge in [0.2, 0.25) is 0 Å². The van der Waals surface area contributed by atoms with Gasteiger partial charge in [0, 0.05) is 19.0 Å². The first-order valence-corrected chi connectivity index (χ1v) is 7.77. The second-order valence-corrected chi connectivity index (χ2v) is 6.36. The molecule has 2 aromatic heterocycles. The van der Waals surface area contributed by atoms with Gasteiger partial charge in [-0.1, -0.05) is 13.8 Å². The highest BCUT2D eigenvalue weighted by Gasteiger charge is 2.29. The molecule has 1 atom stereocenters. The van der Waals surface area contributed by atoms with Crippen LogP contribution in [-0.2, 0) is 13.1 Å². The summed E-state index contributed by atoms with van der Waals surface area (Å²) in [4.78, 5) is 2.37. The van der Waals surface area contributed by atoms with Gasteiger partial charge in [-0.3, -0.25) is 4.90 Å². The van der Waals surface area contributed by atoms with E-state index in [-0.39, 0.29) is 6.04 Å². The zero-order valence-electron chi connectivity index (χ0n) is 12.0. The van der Waals surface area contributed by atoms with E-state index in [1.165, 1.54) is 0 Å². The largest absolute Gasteiger partial charge is 0.453 e. The number of rotatable bonds is 3. The van der Waals surface area contributed by atoms with Crippen molar-refractivity contribution in [3.63, 3.8) is 0 Å². The highest BCUT2D eigenvalue weighted by molar-refractivity contribution is 9.10. The van der Waals surface area contributed by atoms with E-state index < -0.39 is 0 Å². The predicted octanol–water partition coefficient (Wildman–Crippen LogP) is 3.33. The predicted molar refractivity (Wildman–Crippen MR) is 79.3 cm³/mol. The summed E-state index contributed by atoms with van der Waals surface area (Å²) in [6, 6.07) is 4.20. The Morgan fingerprint density at radius 3 is 2.80 bits per heavy atom. The number of fused-ring (bicyclic) bond motifs is 1. The van der Waals surface area contributed by atoms with Crippen molar-refractivity contribution in [3.05, 3.63) is 34.2 Å². The number of aromatic nitrogens is 3. The quantitative estimate of drug-likeness (QED) is 0.861. The van der Waals surface area contributed by atoms with Gasteiger partial charge in [-0.2, -0.15) is 0 Å². The molecule has 108 valence electrons. The van der Waals surface area contributed by atoms with Crippen LogP contribution in [0.25, 0.3) is 0 Å². The van der Waals surface area contributed by atoms with Gasteiger partial charge < -0.3 is 8.98 Å². The summed E-state index contributed by atoms with van der Waals surface area (Å²) in [6.45, 7) is 9.24. The normalized spacial score (nSPS) is 19.6. The van der Waals surface area contributed by atoms with E-state index in [0.717, 1.165) is 41.7 Å². The smallest absolute Gasteiger partial charge is 0.169 e.